The molecule has 0 radical (unpaired) electrons. The number of nitrogens with zero attached hydrogens (tertiary/aromatic N) is 4. The molecule has 0 amide bonds. The average Bonchev–Trinajstić information content (AvgIpc) is 3.25. The number of hydrogen-bond donors (Lipinski definition) is 2. The zero-order chi connectivity index (χ0) is 22.4. The molecule has 156 valence electrons. The predicted octanol–water partition coefficient (Wildman–Crippen LogP) is 2.24. The molecule has 0 bridgehead atoms. The first-order valence-corrected chi connectivity index (χ1v) is 10.2. The van der Waals surface area contributed by atoms with Gasteiger partial charge >= 0.3 is 5.69 Å². The second-order valence-electron chi connectivity index (χ2n) is 7.32. The van der Waals surface area contributed by atoms with Gasteiger partial charge in [0.2, 0.25) is 0 Å². The van der Waals surface area contributed by atoms with E-state index in [4.69, 9.17) is 11.5 Å². The van der Waals surface area contributed by atoms with Gasteiger partial charge in [0.15, 0.2) is 13.0 Å². The molecule has 0 aliphatic rings. The van der Waals surface area contributed by atoms with Crippen LogP contribution in [0, 0.1) is 11.3 Å². The zero-order valence-corrected chi connectivity index (χ0v) is 17.8. The van der Waals surface area contributed by atoms with Crippen LogP contribution in [0.15, 0.2) is 28.8 Å². The van der Waals surface area contributed by atoms with E-state index in [0.29, 0.717) is 21.7 Å². The molecule has 0 saturated carbocycles. The van der Waals surface area contributed by atoms with Gasteiger partial charge < -0.3 is 21.1 Å². The van der Waals surface area contributed by atoms with Crippen molar-refractivity contribution in [3.63, 3.8) is 0 Å². The lowest BCUT2D eigenvalue weighted by Crippen LogP contribution is -2.37. The second kappa shape index (κ2) is 7.37. The zero-order valence-electron chi connectivity index (χ0n) is 17.0. The molecule has 0 saturated heterocycles. The predicted molar refractivity (Wildman–Crippen MR) is 113 cm³/mol. The molecule has 0 fully saturated rings. The number of aryl methyl sites for hydroxylation is 1. The summed E-state index contributed by atoms with van der Waals surface area (Å²) in [6, 6.07) is 9.82. The van der Waals surface area contributed by atoms with Gasteiger partial charge in [0, 0.05) is 10.9 Å². The number of nitrogens with two attached hydrogens (primary N) is 2. The van der Waals surface area contributed by atoms with Crippen molar-refractivity contribution in [3.05, 3.63) is 46.0 Å². The highest BCUT2D eigenvalue weighted by atomic mass is 32.1. The molecule has 0 spiro atoms. The van der Waals surface area contributed by atoms with Crippen molar-refractivity contribution in [2.75, 3.05) is 11.5 Å². The standard InChI is InChI=1S/C21H18N6O3S/c1-9(2)10-4-6-11(7-5-10)13-12(8-22)19(24)25-20-14(13)15(23)18(31-20)17(28)16-21(29)30-26-27(16)3/h4-7,9H,1-3H3,(H4-,23,24,25,26,28,29). The molecule has 3 aromatic heterocycles. The van der Waals surface area contributed by atoms with Crippen LogP contribution >= 0.6 is 11.3 Å². The molecule has 4 aromatic rings. The summed E-state index contributed by atoms with van der Waals surface area (Å²) in [6.07, 6.45) is 0. The number of thiophene rings is 1. The highest BCUT2D eigenvalue weighted by Crippen LogP contribution is 2.43. The Morgan fingerprint density at radius 1 is 1.29 bits per heavy atom. The Kier molecular flexibility index (Phi) is 4.83. The Balaban J connectivity index is 2.00. The molecule has 3 heterocycles. The van der Waals surface area contributed by atoms with Crippen molar-refractivity contribution >= 4 is 38.8 Å². The van der Waals surface area contributed by atoms with Crippen molar-refractivity contribution in [1.29, 1.82) is 5.26 Å². The van der Waals surface area contributed by atoms with E-state index in [1.165, 1.54) is 7.05 Å². The van der Waals surface area contributed by atoms with Crippen molar-refractivity contribution in [2.45, 2.75) is 19.8 Å². The lowest BCUT2D eigenvalue weighted by molar-refractivity contribution is -0.741. The Bertz CT molecular complexity index is 1360. The highest BCUT2D eigenvalue weighted by molar-refractivity contribution is 7.21. The van der Waals surface area contributed by atoms with Crippen molar-refractivity contribution < 1.29 is 19.1 Å². The number of anilines is 2. The van der Waals surface area contributed by atoms with Crippen LogP contribution < -0.4 is 21.3 Å². The maximum Gasteiger partial charge on any atom is 0.305 e. The maximum atomic E-state index is 13.0. The van der Waals surface area contributed by atoms with Crippen LogP contribution in [0.3, 0.4) is 0 Å². The normalized spacial score (nSPS) is 11.2. The summed E-state index contributed by atoms with van der Waals surface area (Å²) in [5, 5.41) is 25.6. The topological polar surface area (TPSA) is 159 Å². The highest BCUT2D eigenvalue weighted by Gasteiger charge is 2.31. The number of rotatable bonds is 4. The molecule has 4 N–H and O–H groups in total. The summed E-state index contributed by atoms with van der Waals surface area (Å²) >= 11 is 1.00. The minimum atomic E-state index is -0.862. The first-order valence-electron chi connectivity index (χ1n) is 9.34. The number of hydrogen-bond acceptors (Lipinski definition) is 9. The van der Waals surface area contributed by atoms with Gasteiger partial charge in [0.05, 0.1) is 11.0 Å². The molecule has 1 aromatic carbocycles. The summed E-state index contributed by atoms with van der Waals surface area (Å²) in [4.78, 5) is 17.8. The fourth-order valence-corrected chi connectivity index (χ4v) is 4.49. The van der Waals surface area contributed by atoms with Crippen LogP contribution in [0.1, 0.15) is 46.3 Å². The van der Waals surface area contributed by atoms with E-state index < -0.39 is 11.7 Å². The van der Waals surface area contributed by atoms with Crippen LogP contribution in [0.25, 0.3) is 21.3 Å². The van der Waals surface area contributed by atoms with E-state index in [2.05, 4.69) is 34.7 Å². The number of pyridine rings is 1. The lowest BCUT2D eigenvalue weighted by atomic mass is 9.94. The van der Waals surface area contributed by atoms with Gasteiger partial charge in [-0.3, -0.25) is 4.79 Å². The van der Waals surface area contributed by atoms with E-state index in [1.807, 2.05) is 24.3 Å². The number of fused-ring (bicyclic) bond motifs is 1. The molecule has 4 rings (SSSR count). The van der Waals surface area contributed by atoms with Crippen LogP contribution in [0.4, 0.5) is 11.5 Å². The SMILES string of the molecule is CC(C)c1ccc(-c2c(C#N)c(N)nc3sc(C(=O)c4c([O-])on[n+]4C)c(N)c23)cc1. The second-order valence-corrected chi connectivity index (χ2v) is 8.32. The van der Waals surface area contributed by atoms with Crippen LogP contribution in [-0.4, -0.2) is 16.0 Å². The van der Waals surface area contributed by atoms with Crippen LogP contribution in [0.5, 0.6) is 5.95 Å². The minimum Gasteiger partial charge on any atom is -0.539 e. The first kappa shape index (κ1) is 20.3. The molecule has 0 atom stereocenters. The number of nitriles is 1. The number of carbonyl (C=O) groups excluding carboxylic acids is 1. The molecular weight excluding hydrogens is 416 g/mol. The van der Waals surface area contributed by atoms with Crippen LogP contribution in [0.2, 0.25) is 0 Å². The first-order chi connectivity index (χ1) is 14.7. The van der Waals surface area contributed by atoms with Gasteiger partial charge in [0.25, 0.3) is 5.78 Å². The molecule has 0 aliphatic heterocycles. The van der Waals surface area contributed by atoms with Crippen molar-refractivity contribution in [3.8, 4) is 23.1 Å². The summed E-state index contributed by atoms with van der Waals surface area (Å²) in [6.45, 7) is 4.17. The average molecular weight is 434 g/mol. The smallest absolute Gasteiger partial charge is 0.305 e. The molecular formula is C21H18N6O3S. The monoisotopic (exact) mass is 434 g/mol. The summed E-state index contributed by atoms with van der Waals surface area (Å²) in [5.74, 6) is -1.11. The summed E-state index contributed by atoms with van der Waals surface area (Å²) < 4.78 is 5.61. The number of ketones is 1. The largest absolute Gasteiger partial charge is 0.539 e. The molecule has 9 nitrogen and oxygen atoms in total. The molecule has 31 heavy (non-hydrogen) atoms. The fourth-order valence-electron chi connectivity index (χ4n) is 3.44. The molecule has 10 heteroatoms. The van der Waals surface area contributed by atoms with E-state index >= 15 is 0 Å². The molecule has 0 unspecified atom stereocenters. The summed E-state index contributed by atoms with van der Waals surface area (Å²) in [5.41, 5.74) is 14.8. The Labute approximate surface area is 181 Å². The van der Waals surface area contributed by atoms with E-state index in [1.54, 1.807) is 0 Å². The molecule has 0 aliphatic carbocycles. The number of aromatic nitrogens is 3. The van der Waals surface area contributed by atoms with Gasteiger partial charge in [-0.2, -0.15) is 5.26 Å². The maximum absolute atomic E-state index is 13.0. The van der Waals surface area contributed by atoms with Crippen LogP contribution in [-0.2, 0) is 7.05 Å². The van der Waals surface area contributed by atoms with Crippen molar-refractivity contribution in [1.82, 2.24) is 10.3 Å². The third kappa shape index (κ3) is 3.15. The van der Waals surface area contributed by atoms with E-state index in [0.717, 1.165) is 27.1 Å². The van der Waals surface area contributed by atoms with Gasteiger partial charge in [-0.15, -0.1) is 11.3 Å². The quantitative estimate of drug-likeness (QED) is 0.365. The Morgan fingerprint density at radius 3 is 2.52 bits per heavy atom. The Morgan fingerprint density at radius 2 is 1.97 bits per heavy atom. The lowest BCUT2D eigenvalue weighted by Gasteiger charge is -2.11. The van der Waals surface area contributed by atoms with E-state index in [9.17, 15) is 15.2 Å². The number of nitrogen functional groups attached to an aromatic ring is 2. The van der Waals surface area contributed by atoms with Gasteiger partial charge in [-0.25, -0.2) is 4.98 Å². The Hall–Kier alpha value is -3.97. The number of carbonyl (C=O) groups is 1. The van der Waals surface area contributed by atoms with Crippen molar-refractivity contribution in [2.24, 2.45) is 7.05 Å². The van der Waals surface area contributed by atoms with E-state index in [-0.39, 0.29) is 27.6 Å². The fraction of sp³-hybridized carbons (Fsp3) is 0.190. The van der Waals surface area contributed by atoms with Gasteiger partial charge in [0.1, 0.15) is 27.2 Å². The third-order valence-corrected chi connectivity index (χ3v) is 6.17. The van der Waals surface area contributed by atoms with Gasteiger partial charge in [-0.1, -0.05) is 42.8 Å². The number of benzene rings is 1. The third-order valence-electron chi connectivity index (χ3n) is 5.07. The van der Waals surface area contributed by atoms with Gasteiger partial charge in [-0.05, 0) is 17.0 Å². The minimum absolute atomic E-state index is 0.0400. The summed E-state index contributed by atoms with van der Waals surface area (Å²) in [7, 11) is 1.42.